The summed E-state index contributed by atoms with van der Waals surface area (Å²) in [4.78, 5) is 38.1. The third-order valence-electron chi connectivity index (χ3n) is 14.9. The van der Waals surface area contributed by atoms with E-state index in [9.17, 15) is 14.4 Å². The fourth-order valence-corrected chi connectivity index (χ4v) is 10.0. The lowest BCUT2D eigenvalue weighted by Gasteiger charge is -2.18. The molecule has 0 fully saturated rings. The normalized spacial score (nSPS) is 11.9. The van der Waals surface area contributed by atoms with Gasteiger partial charge in [0.1, 0.15) is 13.2 Å². The summed E-state index contributed by atoms with van der Waals surface area (Å²) >= 11 is 0. The number of hydrogen-bond acceptors (Lipinski definition) is 6. The standard InChI is InChI=1S/C64H124O6/c1-4-7-10-13-16-19-22-23-24-25-26-27-28-29-30-31-32-33-34-35-36-37-38-39-40-43-45-48-51-54-57-63(66)69-60-61(70-64(67)58-55-52-49-46-42-21-18-15-12-9-6-3)59-68-62(65)56-53-50-47-44-41-20-17-14-11-8-5-2/h61H,4-60H2,1-3H3. The minimum Gasteiger partial charge on any atom is -0.462 e. The number of carbonyl (C=O) groups excluding carboxylic acids is 3. The van der Waals surface area contributed by atoms with Gasteiger partial charge >= 0.3 is 17.9 Å². The zero-order valence-electron chi connectivity index (χ0n) is 47.8. The van der Waals surface area contributed by atoms with E-state index in [0.29, 0.717) is 19.3 Å². The average Bonchev–Trinajstić information content (AvgIpc) is 3.36. The molecular weight excluding hydrogens is 865 g/mol. The molecule has 0 radical (unpaired) electrons. The molecule has 0 rings (SSSR count). The molecule has 0 amide bonds. The predicted octanol–water partition coefficient (Wildman–Crippen LogP) is 21.5. The molecule has 1 atom stereocenters. The van der Waals surface area contributed by atoms with Crippen LogP contribution in [0.4, 0.5) is 0 Å². The van der Waals surface area contributed by atoms with Crippen LogP contribution in [0.2, 0.25) is 0 Å². The summed E-state index contributed by atoms with van der Waals surface area (Å²) in [6.07, 6.45) is 68.5. The first-order valence-electron chi connectivity index (χ1n) is 32.0. The molecule has 0 aromatic rings. The molecule has 0 spiro atoms. The Hall–Kier alpha value is -1.59. The molecule has 0 aliphatic rings. The molecule has 6 nitrogen and oxygen atoms in total. The highest BCUT2D eigenvalue weighted by atomic mass is 16.6. The monoisotopic (exact) mass is 989 g/mol. The van der Waals surface area contributed by atoms with E-state index in [1.807, 2.05) is 0 Å². The van der Waals surface area contributed by atoms with Gasteiger partial charge in [0.05, 0.1) is 0 Å². The topological polar surface area (TPSA) is 78.9 Å². The second-order valence-corrected chi connectivity index (χ2v) is 22.1. The number of ether oxygens (including phenoxy) is 3. The molecule has 0 saturated carbocycles. The maximum atomic E-state index is 12.8. The third kappa shape index (κ3) is 57.3. The molecule has 0 aromatic heterocycles. The average molecular weight is 990 g/mol. The van der Waals surface area contributed by atoms with Gasteiger partial charge in [0.25, 0.3) is 0 Å². The molecule has 70 heavy (non-hydrogen) atoms. The lowest BCUT2D eigenvalue weighted by atomic mass is 10.0. The Bertz CT molecular complexity index is 1040. The van der Waals surface area contributed by atoms with Crippen LogP contribution in [-0.2, 0) is 28.6 Å². The predicted molar refractivity (Wildman–Crippen MR) is 303 cm³/mol. The van der Waals surface area contributed by atoms with E-state index in [0.717, 1.165) is 57.8 Å². The summed E-state index contributed by atoms with van der Waals surface area (Å²) in [6, 6.07) is 0. The summed E-state index contributed by atoms with van der Waals surface area (Å²) in [6.45, 7) is 6.69. The van der Waals surface area contributed by atoms with Gasteiger partial charge < -0.3 is 14.2 Å². The van der Waals surface area contributed by atoms with Crippen LogP contribution in [0.1, 0.15) is 374 Å². The largest absolute Gasteiger partial charge is 0.462 e. The zero-order chi connectivity index (χ0) is 50.7. The molecule has 0 heterocycles. The Morgan fingerprint density at radius 3 is 0.571 bits per heavy atom. The molecule has 6 heteroatoms. The van der Waals surface area contributed by atoms with Crippen molar-refractivity contribution < 1.29 is 28.6 Å². The van der Waals surface area contributed by atoms with E-state index >= 15 is 0 Å². The summed E-state index contributed by atoms with van der Waals surface area (Å²) in [5.41, 5.74) is 0. The number of hydrogen-bond donors (Lipinski definition) is 0. The number of esters is 3. The van der Waals surface area contributed by atoms with Crippen LogP contribution in [0.3, 0.4) is 0 Å². The Kier molecular flexibility index (Phi) is 58.6. The minimum atomic E-state index is -0.760. The highest BCUT2D eigenvalue weighted by Crippen LogP contribution is 2.19. The molecule has 0 aliphatic heterocycles. The Balaban J connectivity index is 3.99. The first-order chi connectivity index (χ1) is 34.5. The van der Waals surface area contributed by atoms with Crippen molar-refractivity contribution >= 4 is 17.9 Å². The van der Waals surface area contributed by atoms with Crippen LogP contribution in [-0.4, -0.2) is 37.2 Å². The van der Waals surface area contributed by atoms with E-state index in [4.69, 9.17) is 14.2 Å². The maximum absolute atomic E-state index is 12.8. The van der Waals surface area contributed by atoms with E-state index in [1.54, 1.807) is 0 Å². The van der Waals surface area contributed by atoms with Crippen molar-refractivity contribution in [2.75, 3.05) is 13.2 Å². The maximum Gasteiger partial charge on any atom is 0.306 e. The molecule has 0 N–H and O–H groups in total. The van der Waals surface area contributed by atoms with Crippen LogP contribution < -0.4 is 0 Å². The van der Waals surface area contributed by atoms with E-state index in [1.165, 1.54) is 276 Å². The van der Waals surface area contributed by atoms with E-state index in [-0.39, 0.29) is 31.1 Å². The van der Waals surface area contributed by atoms with Crippen LogP contribution in [0.5, 0.6) is 0 Å². The molecule has 0 aliphatic carbocycles. The lowest BCUT2D eigenvalue weighted by molar-refractivity contribution is -0.167. The first kappa shape index (κ1) is 68.4. The SMILES string of the molecule is CCCCCCCCCCCCCCCCCCCCCCCCCCCCCCCCC(=O)OCC(COC(=O)CCCCCCCCCCCCC)OC(=O)CCCCCCCCCCCCC. The van der Waals surface area contributed by atoms with Gasteiger partial charge in [0.15, 0.2) is 6.10 Å². The Morgan fingerprint density at radius 1 is 0.229 bits per heavy atom. The van der Waals surface area contributed by atoms with Gasteiger partial charge in [-0.15, -0.1) is 0 Å². The number of rotatable bonds is 60. The molecule has 0 bridgehead atoms. The van der Waals surface area contributed by atoms with Gasteiger partial charge in [-0.1, -0.05) is 335 Å². The van der Waals surface area contributed by atoms with Crippen LogP contribution in [0.25, 0.3) is 0 Å². The van der Waals surface area contributed by atoms with Crippen LogP contribution in [0.15, 0.2) is 0 Å². The first-order valence-corrected chi connectivity index (χ1v) is 32.0. The summed E-state index contributed by atoms with van der Waals surface area (Å²) in [5, 5.41) is 0. The number of unbranched alkanes of at least 4 members (excludes halogenated alkanes) is 49. The molecule has 1 unspecified atom stereocenters. The molecule has 0 saturated heterocycles. The second kappa shape index (κ2) is 60.0. The van der Waals surface area contributed by atoms with Crippen molar-refractivity contribution in [1.29, 1.82) is 0 Å². The Morgan fingerprint density at radius 2 is 0.386 bits per heavy atom. The summed E-state index contributed by atoms with van der Waals surface area (Å²) < 4.78 is 16.9. The van der Waals surface area contributed by atoms with Crippen molar-refractivity contribution in [3.8, 4) is 0 Å². The van der Waals surface area contributed by atoms with Crippen LogP contribution in [0, 0.1) is 0 Å². The molecule has 416 valence electrons. The van der Waals surface area contributed by atoms with Gasteiger partial charge in [-0.2, -0.15) is 0 Å². The van der Waals surface area contributed by atoms with Gasteiger partial charge in [-0.05, 0) is 19.3 Å². The van der Waals surface area contributed by atoms with E-state index < -0.39 is 6.10 Å². The highest BCUT2D eigenvalue weighted by molar-refractivity contribution is 5.71. The van der Waals surface area contributed by atoms with Gasteiger partial charge in [-0.3, -0.25) is 14.4 Å². The summed E-state index contributed by atoms with van der Waals surface area (Å²) in [7, 11) is 0. The van der Waals surface area contributed by atoms with Crippen LogP contribution >= 0.6 is 0 Å². The third-order valence-corrected chi connectivity index (χ3v) is 14.9. The van der Waals surface area contributed by atoms with Crippen molar-refractivity contribution in [3.05, 3.63) is 0 Å². The second-order valence-electron chi connectivity index (χ2n) is 22.1. The lowest BCUT2D eigenvalue weighted by Crippen LogP contribution is -2.30. The van der Waals surface area contributed by atoms with Crippen molar-refractivity contribution in [3.63, 3.8) is 0 Å². The molecule has 0 aromatic carbocycles. The molecular formula is C64H124O6. The Labute approximate surface area is 438 Å². The fourth-order valence-electron chi connectivity index (χ4n) is 10.0. The zero-order valence-corrected chi connectivity index (χ0v) is 47.8. The fraction of sp³-hybridized carbons (Fsp3) is 0.953. The van der Waals surface area contributed by atoms with Gasteiger partial charge in [0, 0.05) is 19.3 Å². The number of carbonyl (C=O) groups is 3. The van der Waals surface area contributed by atoms with Gasteiger partial charge in [-0.25, -0.2) is 0 Å². The van der Waals surface area contributed by atoms with Crippen molar-refractivity contribution in [2.24, 2.45) is 0 Å². The van der Waals surface area contributed by atoms with Crippen molar-refractivity contribution in [1.82, 2.24) is 0 Å². The van der Waals surface area contributed by atoms with E-state index in [2.05, 4.69) is 20.8 Å². The highest BCUT2D eigenvalue weighted by Gasteiger charge is 2.19. The van der Waals surface area contributed by atoms with Crippen molar-refractivity contribution in [2.45, 2.75) is 380 Å². The summed E-state index contributed by atoms with van der Waals surface area (Å²) in [5.74, 6) is -0.835. The quantitative estimate of drug-likeness (QED) is 0.0343. The van der Waals surface area contributed by atoms with Gasteiger partial charge in [0.2, 0.25) is 0 Å². The minimum absolute atomic E-state index is 0.0614. The smallest absolute Gasteiger partial charge is 0.306 e.